The molecule has 1 aliphatic heterocycles. The van der Waals surface area contributed by atoms with Gasteiger partial charge in [0.05, 0.1) is 0 Å². The van der Waals surface area contributed by atoms with Crippen LogP contribution in [-0.2, 0) is 4.79 Å². The number of carbonyl (C=O) groups excluding carboxylic acids is 1. The number of hydrogen-bond acceptors (Lipinski definition) is 3. The molecule has 1 atom stereocenters. The number of thiol groups is 1. The smallest absolute Gasteiger partial charge is 0.225 e. The summed E-state index contributed by atoms with van der Waals surface area (Å²) in [6.07, 6.45) is 7.69. The van der Waals surface area contributed by atoms with E-state index in [2.05, 4.69) is 29.4 Å². The summed E-state index contributed by atoms with van der Waals surface area (Å²) in [6, 6.07) is 0.770. The molecule has 2 saturated carbocycles. The van der Waals surface area contributed by atoms with Crippen LogP contribution in [0.15, 0.2) is 0 Å². The first-order chi connectivity index (χ1) is 10.2. The number of rotatable bonds is 4. The van der Waals surface area contributed by atoms with Crippen LogP contribution in [-0.4, -0.2) is 53.7 Å². The quantitative estimate of drug-likeness (QED) is 0.807. The first kappa shape index (κ1) is 15.7. The Morgan fingerprint density at radius 2 is 1.67 bits per heavy atom. The molecule has 21 heavy (non-hydrogen) atoms. The Morgan fingerprint density at radius 1 is 1.05 bits per heavy atom. The molecule has 3 rings (SSSR count). The number of nitrogens with zero attached hydrogens (tertiary/aromatic N) is 2. The highest BCUT2D eigenvalue weighted by atomic mass is 32.1. The Labute approximate surface area is 134 Å². The van der Waals surface area contributed by atoms with Crippen molar-refractivity contribution in [2.75, 3.05) is 31.9 Å². The van der Waals surface area contributed by atoms with Crippen LogP contribution in [0.25, 0.3) is 0 Å². The number of piperazine rings is 1. The van der Waals surface area contributed by atoms with E-state index in [9.17, 15) is 4.79 Å². The SMILES string of the molecule is CC(CS)C1CCC(N2CCN(C(=O)C3CC3)CC2)CC1. The average molecular weight is 311 g/mol. The summed E-state index contributed by atoms with van der Waals surface area (Å²) < 4.78 is 0. The van der Waals surface area contributed by atoms with Gasteiger partial charge in [0.15, 0.2) is 0 Å². The van der Waals surface area contributed by atoms with E-state index in [0.717, 1.165) is 62.7 Å². The van der Waals surface area contributed by atoms with Crippen molar-refractivity contribution >= 4 is 18.5 Å². The van der Waals surface area contributed by atoms with Gasteiger partial charge in [0.25, 0.3) is 0 Å². The lowest BCUT2D eigenvalue weighted by atomic mass is 9.79. The maximum absolute atomic E-state index is 12.1. The van der Waals surface area contributed by atoms with Crippen LogP contribution in [0.3, 0.4) is 0 Å². The molecule has 3 aliphatic rings. The van der Waals surface area contributed by atoms with E-state index in [-0.39, 0.29) is 0 Å². The Hall–Kier alpha value is -0.220. The van der Waals surface area contributed by atoms with Gasteiger partial charge in [0, 0.05) is 38.1 Å². The van der Waals surface area contributed by atoms with Gasteiger partial charge in [-0.05, 0) is 56.1 Å². The van der Waals surface area contributed by atoms with Crippen molar-refractivity contribution in [1.29, 1.82) is 0 Å². The van der Waals surface area contributed by atoms with Crippen LogP contribution in [0.4, 0.5) is 0 Å². The molecule has 0 bridgehead atoms. The lowest BCUT2D eigenvalue weighted by Gasteiger charge is -2.42. The van der Waals surface area contributed by atoms with Crippen molar-refractivity contribution in [3.63, 3.8) is 0 Å². The summed E-state index contributed by atoms with van der Waals surface area (Å²) in [5, 5.41) is 0. The van der Waals surface area contributed by atoms with E-state index in [0.29, 0.717) is 11.8 Å². The normalized spacial score (nSPS) is 33.0. The highest BCUT2D eigenvalue weighted by Crippen LogP contribution is 2.34. The molecule has 0 aromatic rings. The average Bonchev–Trinajstić information content (AvgIpc) is 3.39. The van der Waals surface area contributed by atoms with E-state index in [1.54, 1.807) is 0 Å². The minimum absolute atomic E-state index is 0.384. The van der Waals surface area contributed by atoms with Gasteiger partial charge in [-0.2, -0.15) is 12.6 Å². The molecule has 1 saturated heterocycles. The summed E-state index contributed by atoms with van der Waals surface area (Å²) in [6.45, 7) is 6.46. The fraction of sp³-hybridized carbons (Fsp3) is 0.941. The third-order valence-electron chi connectivity index (χ3n) is 5.90. The molecule has 1 heterocycles. The molecule has 0 aromatic heterocycles. The van der Waals surface area contributed by atoms with Crippen molar-refractivity contribution in [2.45, 2.75) is 51.5 Å². The first-order valence-electron chi connectivity index (χ1n) is 8.82. The van der Waals surface area contributed by atoms with E-state index in [1.165, 1.54) is 25.7 Å². The van der Waals surface area contributed by atoms with Crippen molar-refractivity contribution in [1.82, 2.24) is 9.80 Å². The number of hydrogen-bond donors (Lipinski definition) is 1. The summed E-state index contributed by atoms with van der Waals surface area (Å²) in [5.74, 6) is 3.49. The fourth-order valence-corrected chi connectivity index (χ4v) is 4.38. The molecule has 0 N–H and O–H groups in total. The van der Waals surface area contributed by atoms with E-state index < -0.39 is 0 Å². The second-order valence-corrected chi connectivity index (χ2v) is 7.73. The van der Waals surface area contributed by atoms with Gasteiger partial charge in [0.2, 0.25) is 5.91 Å². The van der Waals surface area contributed by atoms with Crippen molar-refractivity contribution in [3.05, 3.63) is 0 Å². The zero-order valence-electron chi connectivity index (χ0n) is 13.3. The third kappa shape index (κ3) is 3.76. The monoisotopic (exact) mass is 310 g/mol. The van der Waals surface area contributed by atoms with Gasteiger partial charge in [-0.3, -0.25) is 9.69 Å². The van der Waals surface area contributed by atoms with Crippen molar-refractivity contribution in [3.8, 4) is 0 Å². The molecule has 2 aliphatic carbocycles. The molecule has 1 unspecified atom stereocenters. The van der Waals surface area contributed by atoms with Gasteiger partial charge in [0.1, 0.15) is 0 Å². The maximum atomic E-state index is 12.1. The Kier molecular flexibility index (Phi) is 5.15. The minimum atomic E-state index is 0.384. The number of carbonyl (C=O) groups is 1. The van der Waals surface area contributed by atoms with Gasteiger partial charge < -0.3 is 4.90 Å². The molecule has 120 valence electrons. The molecule has 4 heteroatoms. The van der Waals surface area contributed by atoms with Crippen LogP contribution in [0, 0.1) is 17.8 Å². The number of amides is 1. The predicted molar refractivity (Wildman–Crippen MR) is 89.6 cm³/mol. The molecular weight excluding hydrogens is 280 g/mol. The van der Waals surface area contributed by atoms with E-state index in [4.69, 9.17) is 0 Å². The predicted octanol–water partition coefficient (Wildman–Crippen LogP) is 2.67. The van der Waals surface area contributed by atoms with E-state index in [1.807, 2.05) is 0 Å². The highest BCUT2D eigenvalue weighted by molar-refractivity contribution is 7.80. The van der Waals surface area contributed by atoms with Gasteiger partial charge in [-0.15, -0.1) is 0 Å². The second-order valence-electron chi connectivity index (χ2n) is 7.36. The zero-order chi connectivity index (χ0) is 14.8. The van der Waals surface area contributed by atoms with Crippen LogP contribution in [0.1, 0.15) is 45.4 Å². The van der Waals surface area contributed by atoms with E-state index >= 15 is 0 Å². The van der Waals surface area contributed by atoms with Gasteiger partial charge >= 0.3 is 0 Å². The van der Waals surface area contributed by atoms with Gasteiger partial charge in [-0.1, -0.05) is 6.92 Å². The molecule has 0 aromatic carbocycles. The lowest BCUT2D eigenvalue weighted by Crippen LogP contribution is -2.53. The molecule has 3 fully saturated rings. The topological polar surface area (TPSA) is 23.6 Å². The standard InChI is InChI=1S/C17H30N2OS/c1-13(12-21)14-4-6-16(7-5-14)18-8-10-19(11-9-18)17(20)15-2-3-15/h13-16,21H,2-12H2,1H3. The Morgan fingerprint density at radius 3 is 2.19 bits per heavy atom. The molecule has 0 radical (unpaired) electrons. The molecular formula is C17H30N2OS. The largest absolute Gasteiger partial charge is 0.340 e. The first-order valence-corrected chi connectivity index (χ1v) is 9.46. The van der Waals surface area contributed by atoms with Gasteiger partial charge in [-0.25, -0.2) is 0 Å². The minimum Gasteiger partial charge on any atom is -0.340 e. The summed E-state index contributed by atoms with van der Waals surface area (Å²) in [7, 11) is 0. The highest BCUT2D eigenvalue weighted by Gasteiger charge is 2.36. The second kappa shape index (κ2) is 6.91. The van der Waals surface area contributed by atoms with Crippen LogP contribution in [0.2, 0.25) is 0 Å². The lowest BCUT2D eigenvalue weighted by molar-refractivity contribution is -0.134. The van der Waals surface area contributed by atoms with Crippen LogP contribution < -0.4 is 0 Å². The maximum Gasteiger partial charge on any atom is 0.225 e. The van der Waals surface area contributed by atoms with Crippen molar-refractivity contribution < 1.29 is 4.79 Å². The van der Waals surface area contributed by atoms with Crippen molar-refractivity contribution in [2.24, 2.45) is 17.8 Å². The summed E-state index contributed by atoms with van der Waals surface area (Å²) >= 11 is 4.45. The summed E-state index contributed by atoms with van der Waals surface area (Å²) in [5.41, 5.74) is 0. The fourth-order valence-electron chi connectivity index (χ4n) is 4.08. The van der Waals surface area contributed by atoms with Crippen LogP contribution in [0.5, 0.6) is 0 Å². The van der Waals surface area contributed by atoms with Crippen LogP contribution >= 0.6 is 12.6 Å². The Bertz CT molecular complexity index is 356. The molecule has 3 nitrogen and oxygen atoms in total. The molecule has 1 amide bonds. The Balaban J connectivity index is 1.42. The third-order valence-corrected chi connectivity index (χ3v) is 6.48. The summed E-state index contributed by atoms with van der Waals surface area (Å²) in [4.78, 5) is 16.9. The molecule has 0 spiro atoms. The zero-order valence-corrected chi connectivity index (χ0v) is 14.2.